The molecule has 0 bridgehead atoms. The Morgan fingerprint density at radius 2 is 1.66 bits per heavy atom. The molecule has 2 aliphatic rings. The largest absolute Gasteiger partial charge is 0.465 e. The van der Waals surface area contributed by atoms with Crippen molar-refractivity contribution in [3.63, 3.8) is 0 Å². The molecule has 1 aromatic carbocycles. The molecule has 0 spiro atoms. The number of esters is 2. The molecule has 2 aliphatic heterocycles. The van der Waals surface area contributed by atoms with E-state index in [2.05, 4.69) is 6.92 Å². The highest BCUT2D eigenvalue weighted by molar-refractivity contribution is 6.06. The van der Waals surface area contributed by atoms with Gasteiger partial charge in [-0.1, -0.05) is 13.0 Å². The van der Waals surface area contributed by atoms with Crippen LogP contribution in [0.1, 0.15) is 25.3 Å². The van der Waals surface area contributed by atoms with E-state index in [-0.39, 0.29) is 17.0 Å². The van der Waals surface area contributed by atoms with Crippen LogP contribution in [0.2, 0.25) is 0 Å². The average molecular weight is 450 g/mol. The van der Waals surface area contributed by atoms with Gasteiger partial charge in [0.2, 0.25) is 0 Å². The van der Waals surface area contributed by atoms with Gasteiger partial charge in [0, 0.05) is 19.3 Å². The maximum absolute atomic E-state index is 13.6. The van der Waals surface area contributed by atoms with Gasteiger partial charge < -0.3 is 19.3 Å². The second-order valence-electron chi connectivity index (χ2n) is 7.69. The van der Waals surface area contributed by atoms with Crippen LogP contribution in [0.3, 0.4) is 0 Å². The molecule has 0 aliphatic carbocycles. The van der Waals surface area contributed by atoms with Crippen molar-refractivity contribution in [2.24, 2.45) is 5.92 Å². The topological polar surface area (TPSA) is 59.1 Å². The lowest BCUT2D eigenvalue weighted by molar-refractivity contribution is -0.139. The van der Waals surface area contributed by atoms with E-state index in [1.54, 1.807) is 0 Å². The molecular weight excluding hydrogens is 425 g/mol. The standard InChI is InChI=1S/C23H25F3N2O4/c1-15-9-12-27(13-10-15)18-8-7-16(23(24,25)26)14-19(18)28-11-5-4-6-17(21(29)31-2)20(28)22(30)32-3/h4-8,11,14-15H,9-10,12-13H2,1-3H3. The van der Waals surface area contributed by atoms with Gasteiger partial charge >= 0.3 is 18.1 Å². The van der Waals surface area contributed by atoms with Crippen LogP contribution in [0.25, 0.3) is 0 Å². The molecule has 9 heteroatoms. The minimum absolute atomic E-state index is 0.121. The fraction of sp³-hybridized carbons (Fsp3) is 0.391. The van der Waals surface area contributed by atoms with E-state index >= 15 is 0 Å². The van der Waals surface area contributed by atoms with Crippen LogP contribution >= 0.6 is 0 Å². The number of allylic oxidation sites excluding steroid dienone is 2. The number of methoxy groups -OCH3 is 2. The predicted molar refractivity (Wildman–Crippen MR) is 114 cm³/mol. The second kappa shape index (κ2) is 9.50. The average Bonchev–Trinajstić information content (AvgIpc) is 3.00. The molecule has 32 heavy (non-hydrogen) atoms. The Morgan fingerprint density at radius 3 is 2.25 bits per heavy atom. The number of carbonyl (C=O) groups is 2. The van der Waals surface area contributed by atoms with Crippen molar-refractivity contribution in [3.05, 3.63) is 59.5 Å². The van der Waals surface area contributed by atoms with Gasteiger partial charge in [-0.2, -0.15) is 13.2 Å². The van der Waals surface area contributed by atoms with Crippen molar-refractivity contribution in [3.8, 4) is 0 Å². The molecule has 0 radical (unpaired) electrons. The van der Waals surface area contributed by atoms with E-state index in [0.29, 0.717) is 24.7 Å². The smallest absolute Gasteiger partial charge is 0.416 e. The Labute approximate surface area is 184 Å². The predicted octanol–water partition coefficient (Wildman–Crippen LogP) is 4.43. The van der Waals surface area contributed by atoms with Gasteiger partial charge in [0.15, 0.2) is 0 Å². The number of alkyl halides is 3. The summed E-state index contributed by atoms with van der Waals surface area (Å²) >= 11 is 0. The van der Waals surface area contributed by atoms with Crippen molar-refractivity contribution < 1.29 is 32.2 Å². The van der Waals surface area contributed by atoms with Crippen LogP contribution in [-0.2, 0) is 25.2 Å². The summed E-state index contributed by atoms with van der Waals surface area (Å²) in [6.07, 6.45) is 3.04. The summed E-state index contributed by atoms with van der Waals surface area (Å²) in [5, 5.41) is 0. The summed E-state index contributed by atoms with van der Waals surface area (Å²) in [6.45, 7) is 3.46. The molecule has 0 atom stereocenters. The zero-order valence-electron chi connectivity index (χ0n) is 18.1. The molecular formula is C23H25F3N2O4. The monoisotopic (exact) mass is 450 g/mol. The van der Waals surface area contributed by atoms with Gasteiger partial charge in [-0.3, -0.25) is 0 Å². The molecule has 1 saturated heterocycles. The number of hydrogen-bond acceptors (Lipinski definition) is 6. The third-order valence-electron chi connectivity index (χ3n) is 5.58. The van der Waals surface area contributed by atoms with E-state index in [1.165, 1.54) is 35.4 Å². The van der Waals surface area contributed by atoms with Gasteiger partial charge in [-0.05, 0) is 49.1 Å². The lowest BCUT2D eigenvalue weighted by Crippen LogP contribution is -2.35. The van der Waals surface area contributed by atoms with Crippen LogP contribution in [0.4, 0.5) is 24.5 Å². The highest BCUT2D eigenvalue weighted by Crippen LogP contribution is 2.40. The maximum atomic E-state index is 13.6. The zero-order valence-corrected chi connectivity index (χ0v) is 18.1. The first-order valence-corrected chi connectivity index (χ1v) is 10.2. The first-order chi connectivity index (χ1) is 15.2. The fourth-order valence-electron chi connectivity index (χ4n) is 3.76. The number of piperidine rings is 1. The van der Waals surface area contributed by atoms with Crippen LogP contribution in [0.5, 0.6) is 0 Å². The van der Waals surface area contributed by atoms with E-state index in [1.807, 2.05) is 4.90 Å². The number of benzene rings is 1. The number of hydrogen-bond donors (Lipinski definition) is 0. The first kappa shape index (κ1) is 23.4. The van der Waals surface area contributed by atoms with Gasteiger partial charge in [0.1, 0.15) is 5.70 Å². The second-order valence-corrected chi connectivity index (χ2v) is 7.69. The lowest BCUT2D eigenvalue weighted by Gasteiger charge is -2.36. The summed E-state index contributed by atoms with van der Waals surface area (Å²) in [4.78, 5) is 28.4. The van der Waals surface area contributed by atoms with Gasteiger partial charge in [0.25, 0.3) is 0 Å². The molecule has 0 unspecified atom stereocenters. The van der Waals surface area contributed by atoms with E-state index in [4.69, 9.17) is 9.47 Å². The summed E-state index contributed by atoms with van der Waals surface area (Å²) in [5.41, 5.74) is -0.565. The third kappa shape index (κ3) is 4.81. The molecule has 1 fully saturated rings. The minimum Gasteiger partial charge on any atom is -0.465 e. The molecule has 3 rings (SSSR count). The SMILES string of the molecule is COC(=O)C1=C(C(=O)OC)N(c2cc(C(F)(F)F)ccc2N2CCC(C)CC2)C=CC=C1. The van der Waals surface area contributed by atoms with Crippen LogP contribution < -0.4 is 9.80 Å². The summed E-state index contributed by atoms with van der Waals surface area (Å²) < 4.78 is 50.4. The Kier molecular flexibility index (Phi) is 6.96. The van der Waals surface area contributed by atoms with Crippen molar-refractivity contribution >= 4 is 23.3 Å². The number of ether oxygens (including phenoxy) is 2. The number of halogens is 3. The van der Waals surface area contributed by atoms with Gasteiger partial charge in [-0.15, -0.1) is 0 Å². The number of anilines is 2. The molecule has 2 heterocycles. The van der Waals surface area contributed by atoms with Crippen LogP contribution in [-0.4, -0.2) is 39.2 Å². The first-order valence-electron chi connectivity index (χ1n) is 10.2. The normalized spacial score (nSPS) is 17.4. The highest BCUT2D eigenvalue weighted by atomic mass is 19.4. The van der Waals surface area contributed by atoms with E-state index in [0.717, 1.165) is 39.2 Å². The zero-order chi connectivity index (χ0) is 23.5. The van der Waals surface area contributed by atoms with E-state index < -0.39 is 23.7 Å². The Morgan fingerprint density at radius 1 is 1.00 bits per heavy atom. The molecule has 0 aromatic heterocycles. The highest BCUT2D eigenvalue weighted by Gasteiger charge is 2.35. The lowest BCUT2D eigenvalue weighted by atomic mass is 9.98. The van der Waals surface area contributed by atoms with Gasteiger partial charge in [-0.25, -0.2) is 9.59 Å². The molecule has 0 saturated carbocycles. The van der Waals surface area contributed by atoms with Gasteiger partial charge in [0.05, 0.1) is 36.7 Å². The van der Waals surface area contributed by atoms with Crippen molar-refractivity contribution in [1.29, 1.82) is 0 Å². The van der Waals surface area contributed by atoms with E-state index in [9.17, 15) is 22.8 Å². The quantitative estimate of drug-likeness (QED) is 0.633. The minimum atomic E-state index is -4.59. The van der Waals surface area contributed by atoms with Crippen LogP contribution in [0.15, 0.2) is 53.9 Å². The number of carbonyl (C=O) groups excluding carboxylic acids is 2. The summed E-state index contributed by atoms with van der Waals surface area (Å²) in [6, 6.07) is 3.42. The van der Waals surface area contributed by atoms with Crippen molar-refractivity contribution in [1.82, 2.24) is 0 Å². The Bertz CT molecular complexity index is 974. The number of rotatable bonds is 4. The molecule has 172 valence electrons. The summed E-state index contributed by atoms with van der Waals surface area (Å²) in [7, 11) is 2.30. The Hall–Kier alpha value is -3.23. The van der Waals surface area contributed by atoms with Crippen LogP contribution in [0, 0.1) is 5.92 Å². The molecule has 1 aromatic rings. The number of nitrogens with zero attached hydrogens (tertiary/aromatic N) is 2. The molecule has 0 N–H and O–H groups in total. The van der Waals surface area contributed by atoms with Crippen molar-refractivity contribution in [2.45, 2.75) is 25.9 Å². The Balaban J connectivity index is 2.23. The fourth-order valence-corrected chi connectivity index (χ4v) is 3.76. The van der Waals surface area contributed by atoms with Crippen molar-refractivity contribution in [2.75, 3.05) is 37.1 Å². The maximum Gasteiger partial charge on any atom is 0.416 e. The molecule has 0 amide bonds. The molecule has 6 nitrogen and oxygen atoms in total. The third-order valence-corrected chi connectivity index (χ3v) is 5.58. The summed E-state index contributed by atoms with van der Waals surface area (Å²) in [5.74, 6) is -1.17.